The Labute approximate surface area is 318 Å². The molecule has 11 rings (SSSR count). The van der Waals surface area contributed by atoms with E-state index in [1.807, 2.05) is 0 Å². The van der Waals surface area contributed by atoms with Crippen molar-refractivity contribution in [3.05, 3.63) is 220 Å². The summed E-state index contributed by atoms with van der Waals surface area (Å²) in [5, 5.41) is 2.48. The second kappa shape index (κ2) is 10.9. The molecule has 0 bridgehead atoms. The second-order valence-corrected chi connectivity index (χ2v) is 16.5. The summed E-state index contributed by atoms with van der Waals surface area (Å²) < 4.78 is 0. The van der Waals surface area contributed by atoms with Crippen molar-refractivity contribution in [2.45, 2.75) is 43.9 Å². The lowest BCUT2D eigenvalue weighted by molar-refractivity contribution is 0.563. The Kier molecular flexibility index (Phi) is 6.35. The monoisotopic (exact) mass is 691 g/mol. The smallest absolute Gasteiger partial charge is 0.0720 e. The van der Waals surface area contributed by atoms with Crippen LogP contribution in [0.1, 0.15) is 72.2 Å². The van der Waals surface area contributed by atoms with E-state index in [-0.39, 0.29) is 10.8 Å². The molecule has 1 heteroatoms. The van der Waals surface area contributed by atoms with Crippen LogP contribution in [-0.4, -0.2) is 0 Å². The van der Waals surface area contributed by atoms with Crippen molar-refractivity contribution < 1.29 is 0 Å². The normalized spacial score (nSPS) is 15.9. The zero-order valence-corrected chi connectivity index (χ0v) is 31.2. The first-order valence-corrected chi connectivity index (χ1v) is 19.3. The lowest BCUT2D eigenvalue weighted by atomic mass is 9.55. The number of anilines is 3. The third kappa shape index (κ3) is 3.99. The third-order valence-electron chi connectivity index (χ3n) is 13.1. The molecule has 54 heavy (non-hydrogen) atoms. The Morgan fingerprint density at radius 2 is 0.704 bits per heavy atom. The Bertz CT molecular complexity index is 2800. The Hall–Kier alpha value is -6.18. The van der Waals surface area contributed by atoms with Gasteiger partial charge in [0.25, 0.3) is 0 Å². The maximum atomic E-state index is 2.52. The molecule has 0 heterocycles. The van der Waals surface area contributed by atoms with E-state index in [2.05, 4.69) is 209 Å². The quantitative estimate of drug-likeness (QED) is 0.178. The molecule has 0 fully saturated rings. The van der Waals surface area contributed by atoms with Gasteiger partial charge in [-0.1, -0.05) is 167 Å². The Morgan fingerprint density at radius 1 is 0.296 bits per heavy atom. The van der Waals surface area contributed by atoms with Gasteiger partial charge in [-0.3, -0.25) is 0 Å². The summed E-state index contributed by atoms with van der Waals surface area (Å²) in [5.41, 5.74) is 19.1. The highest BCUT2D eigenvalue weighted by molar-refractivity contribution is 5.94. The van der Waals surface area contributed by atoms with Gasteiger partial charge in [-0.15, -0.1) is 0 Å². The van der Waals surface area contributed by atoms with E-state index < -0.39 is 5.41 Å². The molecule has 1 spiro atoms. The Morgan fingerprint density at radius 3 is 1.35 bits per heavy atom. The highest BCUT2D eigenvalue weighted by Crippen LogP contribution is 2.63. The van der Waals surface area contributed by atoms with E-state index in [4.69, 9.17) is 0 Å². The van der Waals surface area contributed by atoms with Gasteiger partial charge in [0, 0.05) is 27.9 Å². The van der Waals surface area contributed by atoms with Gasteiger partial charge in [-0.05, 0) is 114 Å². The molecule has 0 N–H and O–H groups in total. The molecule has 0 unspecified atom stereocenters. The molecule has 1 nitrogen and oxygen atoms in total. The largest absolute Gasteiger partial charge is 0.310 e. The number of hydrogen-bond donors (Lipinski definition) is 0. The summed E-state index contributed by atoms with van der Waals surface area (Å²) >= 11 is 0. The molecule has 258 valence electrons. The number of rotatable bonds is 3. The highest BCUT2D eigenvalue weighted by atomic mass is 15.1. The maximum absolute atomic E-state index is 2.52. The summed E-state index contributed by atoms with van der Waals surface area (Å²) in [7, 11) is 0. The standard InChI is InChI=1S/C53H41N/c1-51(2)43-19-9-7-17-39(43)41-29-27-37(32-49(41)51)54(36-26-25-34-15-5-6-16-35(34)31-36)38-28-30-42-40-18-8-10-20-44(40)53(50(42)33-38)47-23-13-11-21-45(47)52(3,4)46-22-12-14-24-48(46)53/h5-33H,1-4H3. The predicted molar refractivity (Wildman–Crippen MR) is 226 cm³/mol. The first kappa shape index (κ1) is 31.4. The lowest BCUT2D eigenvalue weighted by Gasteiger charge is -2.46. The molecule has 0 radical (unpaired) electrons. The van der Waals surface area contributed by atoms with Gasteiger partial charge in [-0.25, -0.2) is 0 Å². The van der Waals surface area contributed by atoms with Crippen LogP contribution in [0.5, 0.6) is 0 Å². The van der Waals surface area contributed by atoms with Crippen molar-refractivity contribution in [1.82, 2.24) is 0 Å². The lowest BCUT2D eigenvalue weighted by Crippen LogP contribution is -2.40. The SMILES string of the molecule is CC1(C)c2ccccc2-c2ccc(N(c3ccc4c(c3)C3(c5ccccc5-4)c4ccccc4C(C)(C)c4ccccc43)c3ccc4ccccc4c3)cc21. The Balaban J connectivity index is 1.20. The minimum absolute atomic E-state index is 0.108. The van der Waals surface area contributed by atoms with E-state index in [1.54, 1.807) is 0 Å². The minimum Gasteiger partial charge on any atom is -0.310 e. The fourth-order valence-corrected chi connectivity index (χ4v) is 10.6. The molecule has 0 saturated carbocycles. The molecule has 3 aliphatic rings. The zero-order chi connectivity index (χ0) is 36.4. The number of nitrogens with zero attached hydrogens (tertiary/aromatic N) is 1. The van der Waals surface area contributed by atoms with E-state index in [9.17, 15) is 0 Å². The highest BCUT2D eigenvalue weighted by Gasteiger charge is 2.53. The molecular formula is C53H41N. The van der Waals surface area contributed by atoms with Crippen LogP contribution in [0.3, 0.4) is 0 Å². The molecular weight excluding hydrogens is 651 g/mol. The topological polar surface area (TPSA) is 3.24 Å². The molecule has 0 saturated heterocycles. The van der Waals surface area contributed by atoms with Crippen LogP contribution >= 0.6 is 0 Å². The molecule has 0 aliphatic heterocycles. The molecule has 0 atom stereocenters. The zero-order valence-electron chi connectivity index (χ0n) is 31.2. The average molecular weight is 692 g/mol. The summed E-state index contributed by atoms with van der Waals surface area (Å²) in [5.74, 6) is 0. The van der Waals surface area contributed by atoms with E-state index in [0.29, 0.717) is 0 Å². The van der Waals surface area contributed by atoms with Crippen LogP contribution in [0.2, 0.25) is 0 Å². The van der Waals surface area contributed by atoms with Gasteiger partial charge in [0.05, 0.1) is 5.41 Å². The van der Waals surface area contributed by atoms with Crippen molar-refractivity contribution in [3.8, 4) is 22.3 Å². The summed E-state index contributed by atoms with van der Waals surface area (Å²) in [4.78, 5) is 2.49. The van der Waals surface area contributed by atoms with Crippen LogP contribution in [0, 0.1) is 0 Å². The van der Waals surface area contributed by atoms with Gasteiger partial charge in [0.2, 0.25) is 0 Å². The molecule has 3 aliphatic carbocycles. The minimum atomic E-state index is -0.457. The summed E-state index contributed by atoms with van der Waals surface area (Å²) in [6, 6.07) is 66.5. The fraction of sp³-hybridized carbons (Fsp3) is 0.132. The first-order valence-electron chi connectivity index (χ1n) is 19.3. The van der Waals surface area contributed by atoms with Crippen LogP contribution in [0.25, 0.3) is 33.0 Å². The number of fused-ring (bicyclic) bond motifs is 13. The van der Waals surface area contributed by atoms with Gasteiger partial charge in [-0.2, -0.15) is 0 Å². The number of benzene rings is 8. The fourth-order valence-electron chi connectivity index (χ4n) is 10.6. The van der Waals surface area contributed by atoms with Crippen molar-refractivity contribution in [2.75, 3.05) is 4.90 Å². The summed E-state index contributed by atoms with van der Waals surface area (Å²) in [6.07, 6.45) is 0. The van der Waals surface area contributed by atoms with Crippen LogP contribution in [0.15, 0.2) is 176 Å². The predicted octanol–water partition coefficient (Wildman–Crippen LogP) is 13.6. The van der Waals surface area contributed by atoms with E-state index in [1.165, 1.54) is 83.2 Å². The van der Waals surface area contributed by atoms with Crippen molar-refractivity contribution in [1.29, 1.82) is 0 Å². The van der Waals surface area contributed by atoms with Crippen molar-refractivity contribution in [2.24, 2.45) is 0 Å². The van der Waals surface area contributed by atoms with Gasteiger partial charge < -0.3 is 4.90 Å². The van der Waals surface area contributed by atoms with Gasteiger partial charge >= 0.3 is 0 Å². The molecule has 8 aromatic carbocycles. The van der Waals surface area contributed by atoms with E-state index >= 15 is 0 Å². The van der Waals surface area contributed by atoms with Crippen molar-refractivity contribution >= 4 is 27.8 Å². The van der Waals surface area contributed by atoms with Crippen LogP contribution in [-0.2, 0) is 16.2 Å². The van der Waals surface area contributed by atoms with Crippen molar-refractivity contribution in [3.63, 3.8) is 0 Å². The van der Waals surface area contributed by atoms with Gasteiger partial charge in [0.15, 0.2) is 0 Å². The summed E-state index contributed by atoms with van der Waals surface area (Å²) in [6.45, 7) is 9.53. The second-order valence-electron chi connectivity index (χ2n) is 16.5. The molecule has 0 amide bonds. The average Bonchev–Trinajstić information content (AvgIpc) is 3.63. The van der Waals surface area contributed by atoms with E-state index in [0.717, 1.165) is 11.4 Å². The maximum Gasteiger partial charge on any atom is 0.0720 e. The third-order valence-corrected chi connectivity index (χ3v) is 13.1. The molecule has 8 aromatic rings. The number of hydrogen-bond acceptors (Lipinski definition) is 1. The van der Waals surface area contributed by atoms with Gasteiger partial charge in [0.1, 0.15) is 0 Å². The first-order chi connectivity index (χ1) is 26.3. The van der Waals surface area contributed by atoms with Crippen LogP contribution < -0.4 is 4.90 Å². The molecule has 0 aromatic heterocycles. The van der Waals surface area contributed by atoms with Crippen LogP contribution in [0.4, 0.5) is 17.1 Å².